The Bertz CT molecular complexity index is 858. The molecule has 0 saturated heterocycles. The van der Waals surface area contributed by atoms with E-state index in [0.29, 0.717) is 12.0 Å². The van der Waals surface area contributed by atoms with Crippen molar-refractivity contribution < 1.29 is 19.8 Å². The Morgan fingerprint density at radius 3 is 2.19 bits per heavy atom. The zero-order valence-electron chi connectivity index (χ0n) is 15.5. The van der Waals surface area contributed by atoms with Gasteiger partial charge in [-0.2, -0.15) is 0 Å². The number of Topliss-reactive ketones (excluding diaryl/α,β-unsaturated/α-hetero) is 1. The van der Waals surface area contributed by atoms with E-state index in [1.165, 1.54) is 18.2 Å². The third kappa shape index (κ3) is 4.20. The number of carbonyl (C=O) groups excluding carboxylic acids is 2. The topological polar surface area (TPSA) is 74.6 Å². The van der Waals surface area contributed by atoms with Crippen molar-refractivity contribution in [3.63, 3.8) is 0 Å². The van der Waals surface area contributed by atoms with Gasteiger partial charge in [0.05, 0.1) is 11.1 Å². The van der Waals surface area contributed by atoms with Gasteiger partial charge in [-0.1, -0.05) is 35.5 Å². The van der Waals surface area contributed by atoms with Gasteiger partial charge in [0, 0.05) is 11.5 Å². The van der Waals surface area contributed by atoms with E-state index < -0.39 is 11.6 Å². The summed E-state index contributed by atoms with van der Waals surface area (Å²) in [7, 11) is 0. The highest BCUT2D eigenvalue weighted by Gasteiger charge is 2.33. The standard InChI is InChI=1S/C22H24O4/c1-13(2)6-5-7-15(9-8-14(3)4)16-12-19(25)20-17(23)10-11-18(24)21(20)22(16)26/h5-8,10-12,15,23-24H,9H2,1-4H3/b7-5+/t15-/m0/s1. The van der Waals surface area contributed by atoms with Crippen LogP contribution in [0.3, 0.4) is 0 Å². The van der Waals surface area contributed by atoms with Crippen molar-refractivity contribution in [3.05, 3.63) is 70.4 Å². The summed E-state index contributed by atoms with van der Waals surface area (Å²) >= 11 is 0. The first kappa shape index (κ1) is 19.4. The molecule has 0 aromatic heterocycles. The average molecular weight is 352 g/mol. The van der Waals surface area contributed by atoms with E-state index in [4.69, 9.17) is 0 Å². The first-order valence-corrected chi connectivity index (χ1v) is 8.53. The van der Waals surface area contributed by atoms with Gasteiger partial charge in [0.15, 0.2) is 11.6 Å². The summed E-state index contributed by atoms with van der Waals surface area (Å²) in [6.07, 6.45) is 9.54. The molecule has 0 unspecified atom stereocenters. The van der Waals surface area contributed by atoms with Crippen LogP contribution in [0, 0.1) is 5.92 Å². The SMILES string of the molecule is CC(C)=C/C=C/[C@@H](CC=C(C)C)C1=CC(=O)c2c(O)ccc(O)c2C1=O. The van der Waals surface area contributed by atoms with Crippen molar-refractivity contribution in [2.24, 2.45) is 5.92 Å². The van der Waals surface area contributed by atoms with Crippen molar-refractivity contribution in [1.29, 1.82) is 0 Å². The van der Waals surface area contributed by atoms with E-state index in [9.17, 15) is 19.8 Å². The van der Waals surface area contributed by atoms with Gasteiger partial charge in [-0.25, -0.2) is 0 Å². The first-order chi connectivity index (χ1) is 12.2. The monoisotopic (exact) mass is 352 g/mol. The van der Waals surface area contributed by atoms with Gasteiger partial charge in [-0.3, -0.25) is 9.59 Å². The Morgan fingerprint density at radius 2 is 1.62 bits per heavy atom. The Kier molecular flexibility index (Phi) is 5.98. The number of rotatable bonds is 5. The van der Waals surface area contributed by atoms with Crippen LogP contribution < -0.4 is 0 Å². The zero-order chi connectivity index (χ0) is 19.4. The van der Waals surface area contributed by atoms with E-state index in [2.05, 4.69) is 0 Å². The molecule has 0 bridgehead atoms. The van der Waals surface area contributed by atoms with Gasteiger partial charge < -0.3 is 10.2 Å². The van der Waals surface area contributed by atoms with Crippen molar-refractivity contribution in [2.75, 3.05) is 0 Å². The van der Waals surface area contributed by atoms with Gasteiger partial charge in [0.25, 0.3) is 0 Å². The lowest BCUT2D eigenvalue weighted by Crippen LogP contribution is -2.21. The minimum Gasteiger partial charge on any atom is -0.507 e. The van der Waals surface area contributed by atoms with E-state index in [1.54, 1.807) is 0 Å². The second-order valence-electron chi connectivity index (χ2n) is 6.90. The fourth-order valence-corrected chi connectivity index (χ4v) is 2.81. The molecular weight excluding hydrogens is 328 g/mol. The number of aromatic hydroxyl groups is 2. The molecule has 0 aliphatic heterocycles. The number of fused-ring (bicyclic) bond motifs is 1. The van der Waals surface area contributed by atoms with E-state index in [1.807, 2.05) is 52.0 Å². The van der Waals surface area contributed by atoms with Crippen molar-refractivity contribution >= 4 is 11.6 Å². The van der Waals surface area contributed by atoms with E-state index >= 15 is 0 Å². The van der Waals surface area contributed by atoms with Crippen molar-refractivity contribution in [3.8, 4) is 11.5 Å². The van der Waals surface area contributed by atoms with Gasteiger partial charge in [0.2, 0.25) is 0 Å². The number of phenolic OH excluding ortho intramolecular Hbond substituents is 2. The number of ketones is 2. The Morgan fingerprint density at radius 1 is 1.00 bits per heavy atom. The smallest absolute Gasteiger partial charge is 0.194 e. The van der Waals surface area contributed by atoms with E-state index in [0.717, 1.165) is 11.1 Å². The molecule has 26 heavy (non-hydrogen) atoms. The molecule has 2 N–H and O–H groups in total. The average Bonchev–Trinajstić information content (AvgIpc) is 2.56. The lowest BCUT2D eigenvalue weighted by Gasteiger charge is -2.21. The van der Waals surface area contributed by atoms with Crippen LogP contribution >= 0.6 is 0 Å². The third-order valence-corrected chi connectivity index (χ3v) is 4.14. The van der Waals surface area contributed by atoms with Crippen LogP contribution in [0.4, 0.5) is 0 Å². The van der Waals surface area contributed by atoms with Crippen LogP contribution in [0.15, 0.2) is 59.2 Å². The summed E-state index contributed by atoms with van der Waals surface area (Å²) in [4.78, 5) is 25.4. The minimum atomic E-state index is -0.471. The fraction of sp³-hybridized carbons (Fsp3) is 0.273. The molecule has 136 valence electrons. The molecule has 0 heterocycles. The molecule has 0 amide bonds. The second-order valence-corrected chi connectivity index (χ2v) is 6.90. The maximum atomic E-state index is 13.0. The number of benzene rings is 1. The second kappa shape index (κ2) is 8.00. The third-order valence-electron chi connectivity index (χ3n) is 4.14. The zero-order valence-corrected chi connectivity index (χ0v) is 15.5. The van der Waals surface area contributed by atoms with Gasteiger partial charge >= 0.3 is 0 Å². The lowest BCUT2D eigenvalue weighted by atomic mass is 9.81. The summed E-state index contributed by atoms with van der Waals surface area (Å²) in [5.41, 5.74) is 2.30. The highest BCUT2D eigenvalue weighted by Crippen LogP contribution is 2.37. The lowest BCUT2D eigenvalue weighted by molar-refractivity contribution is 0.0972. The highest BCUT2D eigenvalue weighted by molar-refractivity contribution is 6.26. The summed E-state index contributed by atoms with van der Waals surface area (Å²) in [6.45, 7) is 7.89. The first-order valence-electron chi connectivity index (χ1n) is 8.53. The molecule has 0 spiro atoms. The normalized spacial score (nSPS) is 14.7. The molecule has 0 radical (unpaired) electrons. The molecule has 2 rings (SSSR count). The number of carbonyl (C=O) groups is 2. The molecule has 1 atom stereocenters. The fourth-order valence-electron chi connectivity index (χ4n) is 2.81. The Hall–Kier alpha value is -2.88. The molecule has 4 heteroatoms. The summed E-state index contributed by atoms with van der Waals surface area (Å²) in [6, 6.07) is 2.44. The molecule has 1 aliphatic rings. The van der Waals surface area contributed by atoms with Crippen LogP contribution in [0.1, 0.15) is 54.8 Å². The Balaban J connectivity index is 2.51. The van der Waals surface area contributed by atoms with Gasteiger partial charge in [-0.15, -0.1) is 0 Å². The van der Waals surface area contributed by atoms with Crippen LogP contribution in [0.5, 0.6) is 11.5 Å². The van der Waals surface area contributed by atoms with Crippen molar-refractivity contribution in [1.82, 2.24) is 0 Å². The maximum absolute atomic E-state index is 13.0. The molecule has 0 fully saturated rings. The number of allylic oxidation sites excluding steroid dienone is 8. The quantitative estimate of drug-likeness (QED) is 0.449. The maximum Gasteiger partial charge on any atom is 0.194 e. The summed E-state index contributed by atoms with van der Waals surface area (Å²) < 4.78 is 0. The van der Waals surface area contributed by atoms with Crippen LogP contribution in [-0.4, -0.2) is 21.8 Å². The molecule has 0 saturated carbocycles. The number of hydrogen-bond acceptors (Lipinski definition) is 4. The van der Waals surface area contributed by atoms with Crippen LogP contribution in [0.2, 0.25) is 0 Å². The predicted molar refractivity (Wildman–Crippen MR) is 103 cm³/mol. The Labute approximate surface area is 153 Å². The van der Waals surface area contributed by atoms with Crippen LogP contribution in [0.25, 0.3) is 0 Å². The molecular formula is C22H24O4. The minimum absolute atomic E-state index is 0.120. The predicted octanol–water partition coefficient (Wildman–Crippen LogP) is 4.90. The molecule has 4 nitrogen and oxygen atoms in total. The van der Waals surface area contributed by atoms with E-state index in [-0.39, 0.29) is 28.5 Å². The highest BCUT2D eigenvalue weighted by atomic mass is 16.3. The molecule has 1 aliphatic carbocycles. The number of hydrogen-bond donors (Lipinski definition) is 2. The molecule has 1 aromatic carbocycles. The van der Waals surface area contributed by atoms with Crippen molar-refractivity contribution in [2.45, 2.75) is 34.1 Å². The number of phenols is 2. The van der Waals surface area contributed by atoms with Gasteiger partial charge in [-0.05, 0) is 52.3 Å². The van der Waals surface area contributed by atoms with Gasteiger partial charge in [0.1, 0.15) is 11.5 Å². The molecule has 1 aromatic rings. The summed E-state index contributed by atoms with van der Waals surface area (Å²) in [5.74, 6) is -1.79. The largest absolute Gasteiger partial charge is 0.507 e. The van der Waals surface area contributed by atoms with Crippen LogP contribution in [-0.2, 0) is 0 Å². The summed E-state index contributed by atoms with van der Waals surface area (Å²) in [5, 5.41) is 20.0.